The van der Waals surface area contributed by atoms with E-state index in [0.29, 0.717) is 12.5 Å². The Morgan fingerprint density at radius 2 is 2.44 bits per heavy atom. The molecule has 0 aliphatic carbocycles. The van der Waals surface area contributed by atoms with Crippen LogP contribution in [0.3, 0.4) is 0 Å². The van der Waals surface area contributed by atoms with Gasteiger partial charge in [0, 0.05) is 19.1 Å². The van der Waals surface area contributed by atoms with Crippen LogP contribution in [0.1, 0.15) is 13.3 Å². The monoisotopic (exact) mass is 125 g/mol. The lowest BCUT2D eigenvalue weighted by atomic mass is 10.1. The summed E-state index contributed by atoms with van der Waals surface area (Å²) in [7, 11) is 0. The number of hydrogen-bond acceptors (Lipinski definition) is 1. The highest BCUT2D eigenvalue weighted by molar-refractivity contribution is 4.89. The van der Waals surface area contributed by atoms with Gasteiger partial charge >= 0.3 is 0 Å². The van der Waals surface area contributed by atoms with Gasteiger partial charge < -0.3 is 4.74 Å². The van der Waals surface area contributed by atoms with Crippen LogP contribution >= 0.6 is 0 Å². The van der Waals surface area contributed by atoms with Gasteiger partial charge in [-0.1, -0.05) is 6.92 Å². The number of hydrogen-bond donors (Lipinski definition) is 0. The summed E-state index contributed by atoms with van der Waals surface area (Å²) in [5, 5.41) is 0. The van der Waals surface area contributed by atoms with E-state index in [1.165, 1.54) is 0 Å². The number of rotatable bonds is 4. The van der Waals surface area contributed by atoms with Gasteiger partial charge in [0.2, 0.25) is 0 Å². The molecule has 1 radical (unpaired) electrons. The minimum absolute atomic E-state index is 0.330. The van der Waals surface area contributed by atoms with Gasteiger partial charge in [0.15, 0.2) is 0 Å². The van der Waals surface area contributed by atoms with Crippen molar-refractivity contribution < 1.29 is 4.74 Å². The number of terminal acetylenes is 1. The molecule has 0 N–H and O–H groups in total. The first-order valence-electron chi connectivity index (χ1n) is 3.14. The SMILES string of the molecule is C#CC(C)CCOC[CH2]. The van der Waals surface area contributed by atoms with Crippen molar-refractivity contribution in [2.75, 3.05) is 13.2 Å². The Hall–Kier alpha value is -0.480. The Balaban J connectivity index is 2.99. The van der Waals surface area contributed by atoms with Gasteiger partial charge in [-0.25, -0.2) is 0 Å². The molecule has 0 amide bonds. The van der Waals surface area contributed by atoms with Crippen molar-refractivity contribution in [1.82, 2.24) is 0 Å². The van der Waals surface area contributed by atoms with Crippen LogP contribution in [0, 0.1) is 25.2 Å². The summed E-state index contributed by atoms with van der Waals surface area (Å²) in [5.74, 6) is 2.95. The van der Waals surface area contributed by atoms with E-state index in [-0.39, 0.29) is 0 Å². The zero-order chi connectivity index (χ0) is 7.11. The van der Waals surface area contributed by atoms with Crippen LogP contribution in [-0.4, -0.2) is 13.2 Å². The molecule has 0 aromatic rings. The summed E-state index contributed by atoms with van der Waals surface area (Å²) in [6.07, 6.45) is 6.07. The predicted octanol–water partition coefficient (Wildman–Crippen LogP) is 1.50. The van der Waals surface area contributed by atoms with Crippen molar-refractivity contribution in [2.45, 2.75) is 13.3 Å². The second-order valence-corrected chi connectivity index (χ2v) is 1.97. The Bertz CT molecular complexity index is 91.2. The molecule has 0 aromatic carbocycles. The maximum absolute atomic E-state index is 5.13. The molecule has 0 aromatic heterocycles. The van der Waals surface area contributed by atoms with Crippen molar-refractivity contribution in [3.63, 3.8) is 0 Å². The normalized spacial score (nSPS) is 12.6. The second-order valence-electron chi connectivity index (χ2n) is 1.97. The fourth-order valence-corrected chi connectivity index (χ4v) is 0.446. The lowest BCUT2D eigenvalue weighted by molar-refractivity contribution is 0.152. The third-order valence-corrected chi connectivity index (χ3v) is 1.12. The molecule has 0 saturated carbocycles. The highest BCUT2D eigenvalue weighted by Crippen LogP contribution is 1.98. The van der Waals surface area contributed by atoms with Gasteiger partial charge in [0.05, 0.1) is 0 Å². The van der Waals surface area contributed by atoms with E-state index in [0.717, 1.165) is 13.0 Å². The van der Waals surface area contributed by atoms with E-state index in [4.69, 9.17) is 11.2 Å². The predicted molar refractivity (Wildman–Crippen MR) is 38.8 cm³/mol. The molecule has 0 fully saturated rings. The average molecular weight is 125 g/mol. The fraction of sp³-hybridized carbons (Fsp3) is 0.625. The summed E-state index contributed by atoms with van der Waals surface area (Å²) in [5.41, 5.74) is 0. The topological polar surface area (TPSA) is 9.23 Å². The molecule has 9 heavy (non-hydrogen) atoms. The standard InChI is InChI=1S/C8H13O/c1-4-8(3)6-7-9-5-2/h1,8H,2,5-7H2,3H3. The highest BCUT2D eigenvalue weighted by atomic mass is 16.5. The van der Waals surface area contributed by atoms with Gasteiger partial charge in [-0.15, -0.1) is 12.3 Å². The summed E-state index contributed by atoms with van der Waals surface area (Å²) in [6.45, 7) is 6.81. The van der Waals surface area contributed by atoms with Crippen molar-refractivity contribution in [1.29, 1.82) is 0 Å². The minimum Gasteiger partial charge on any atom is -0.381 e. The lowest BCUT2D eigenvalue weighted by Crippen LogP contribution is -1.99. The minimum atomic E-state index is 0.330. The Morgan fingerprint density at radius 1 is 1.78 bits per heavy atom. The van der Waals surface area contributed by atoms with E-state index < -0.39 is 0 Å². The first kappa shape index (κ1) is 8.52. The van der Waals surface area contributed by atoms with Crippen LogP contribution in [0.4, 0.5) is 0 Å². The maximum atomic E-state index is 5.13. The molecule has 1 nitrogen and oxygen atoms in total. The first-order chi connectivity index (χ1) is 4.31. The van der Waals surface area contributed by atoms with Gasteiger partial charge in [-0.05, 0) is 13.3 Å². The van der Waals surface area contributed by atoms with Crippen molar-refractivity contribution in [3.8, 4) is 12.3 Å². The smallest absolute Gasteiger partial charge is 0.0477 e. The van der Waals surface area contributed by atoms with Gasteiger partial charge in [0.1, 0.15) is 0 Å². The van der Waals surface area contributed by atoms with Crippen LogP contribution in [0.2, 0.25) is 0 Å². The third-order valence-electron chi connectivity index (χ3n) is 1.12. The molecule has 0 aliphatic rings. The molecule has 0 aliphatic heterocycles. The summed E-state index contributed by atoms with van der Waals surface area (Å²) in [4.78, 5) is 0. The van der Waals surface area contributed by atoms with E-state index in [1.807, 2.05) is 6.92 Å². The van der Waals surface area contributed by atoms with Crippen LogP contribution in [0.5, 0.6) is 0 Å². The van der Waals surface area contributed by atoms with Gasteiger partial charge in [-0.3, -0.25) is 0 Å². The van der Waals surface area contributed by atoms with Crippen molar-refractivity contribution >= 4 is 0 Å². The quantitative estimate of drug-likeness (QED) is 0.408. The molecule has 51 valence electrons. The van der Waals surface area contributed by atoms with Crippen molar-refractivity contribution in [2.24, 2.45) is 5.92 Å². The summed E-state index contributed by atoms with van der Waals surface area (Å²) >= 11 is 0. The van der Waals surface area contributed by atoms with Gasteiger partial charge in [0.25, 0.3) is 0 Å². The van der Waals surface area contributed by atoms with Crippen LogP contribution in [0.15, 0.2) is 0 Å². The molecular weight excluding hydrogens is 112 g/mol. The van der Waals surface area contributed by atoms with Crippen LogP contribution in [0.25, 0.3) is 0 Å². The molecule has 0 saturated heterocycles. The Kier molecular flexibility index (Phi) is 5.35. The van der Waals surface area contributed by atoms with E-state index in [1.54, 1.807) is 0 Å². The van der Waals surface area contributed by atoms with Crippen LogP contribution in [-0.2, 0) is 4.74 Å². The van der Waals surface area contributed by atoms with E-state index in [9.17, 15) is 0 Å². The molecule has 1 atom stereocenters. The Labute approximate surface area is 57.4 Å². The Morgan fingerprint density at radius 3 is 2.89 bits per heavy atom. The van der Waals surface area contributed by atoms with Gasteiger partial charge in [-0.2, -0.15) is 0 Å². The largest absolute Gasteiger partial charge is 0.381 e. The molecule has 0 spiro atoms. The molecule has 1 heteroatoms. The molecule has 0 bridgehead atoms. The lowest BCUT2D eigenvalue weighted by Gasteiger charge is -2.01. The first-order valence-corrected chi connectivity index (χ1v) is 3.14. The zero-order valence-corrected chi connectivity index (χ0v) is 5.89. The average Bonchev–Trinajstić information content (AvgIpc) is 1.89. The van der Waals surface area contributed by atoms with E-state index in [2.05, 4.69) is 12.8 Å². The summed E-state index contributed by atoms with van der Waals surface area (Å²) < 4.78 is 5.00. The molecule has 0 heterocycles. The zero-order valence-electron chi connectivity index (χ0n) is 5.89. The third kappa shape index (κ3) is 5.39. The molecular formula is C8H13O. The maximum Gasteiger partial charge on any atom is 0.0477 e. The fourth-order valence-electron chi connectivity index (χ4n) is 0.446. The number of ether oxygens (including phenoxy) is 1. The van der Waals surface area contributed by atoms with E-state index >= 15 is 0 Å². The van der Waals surface area contributed by atoms with Crippen molar-refractivity contribution in [3.05, 3.63) is 6.92 Å². The summed E-state index contributed by atoms with van der Waals surface area (Å²) in [6, 6.07) is 0. The molecule has 0 rings (SSSR count). The highest BCUT2D eigenvalue weighted by Gasteiger charge is 1.93. The second kappa shape index (κ2) is 5.65. The van der Waals surface area contributed by atoms with Crippen LogP contribution < -0.4 is 0 Å². The molecule has 1 unspecified atom stereocenters.